The van der Waals surface area contributed by atoms with E-state index >= 15 is 0 Å². The second-order valence-electron chi connectivity index (χ2n) is 8.23. The summed E-state index contributed by atoms with van der Waals surface area (Å²) in [6.07, 6.45) is 3.28. The summed E-state index contributed by atoms with van der Waals surface area (Å²) in [7, 11) is 0. The van der Waals surface area contributed by atoms with Crippen LogP contribution in [0.2, 0.25) is 9.49 Å². The van der Waals surface area contributed by atoms with Crippen molar-refractivity contribution in [2.24, 2.45) is 0 Å². The second-order valence-corrected chi connectivity index (χ2v) is 10.3. The molecule has 0 amide bonds. The van der Waals surface area contributed by atoms with E-state index in [1.807, 2.05) is 26.0 Å². The normalized spacial score (nSPS) is 11.3. The molecule has 0 fully saturated rings. The first-order valence-corrected chi connectivity index (χ1v) is 12.2. The molecule has 0 saturated carbocycles. The summed E-state index contributed by atoms with van der Waals surface area (Å²) < 4.78 is 18.4. The van der Waals surface area contributed by atoms with Gasteiger partial charge in [0.25, 0.3) is 11.5 Å². The lowest BCUT2D eigenvalue weighted by Crippen LogP contribution is -2.41. The molecule has 9 heteroatoms. The highest BCUT2D eigenvalue weighted by Crippen LogP contribution is 2.35. The molecule has 0 aliphatic rings. The molecular formula is C26H19Cl2FN3O2S+. The molecule has 5 nitrogen and oxygen atoms in total. The SMILES string of the molecule is Cc1ccc(-c2cc(-c3c(O)[n+](Cc4cnc(Cl)s4)c4c(C)cccn4c3=O)ccc2F)c(Cl)c1. The van der Waals surface area contributed by atoms with Crippen LogP contribution in [0.4, 0.5) is 4.39 Å². The molecule has 0 radical (unpaired) electrons. The molecule has 0 unspecified atom stereocenters. The molecule has 176 valence electrons. The number of aromatic nitrogens is 3. The molecule has 35 heavy (non-hydrogen) atoms. The van der Waals surface area contributed by atoms with Crippen molar-refractivity contribution in [1.82, 2.24) is 9.38 Å². The summed E-state index contributed by atoms with van der Waals surface area (Å²) in [5, 5.41) is 11.8. The number of aromatic hydroxyl groups is 1. The van der Waals surface area contributed by atoms with Gasteiger partial charge < -0.3 is 5.11 Å². The van der Waals surface area contributed by atoms with Crippen LogP contribution < -0.4 is 10.1 Å². The van der Waals surface area contributed by atoms with Crippen LogP contribution >= 0.6 is 34.5 Å². The minimum atomic E-state index is -0.483. The van der Waals surface area contributed by atoms with Crippen LogP contribution in [0, 0.1) is 19.7 Å². The lowest BCUT2D eigenvalue weighted by atomic mass is 9.98. The van der Waals surface area contributed by atoms with Gasteiger partial charge in [-0.3, -0.25) is 0 Å². The van der Waals surface area contributed by atoms with E-state index < -0.39 is 11.4 Å². The maximum atomic E-state index is 14.9. The largest absolute Gasteiger partial charge is 0.477 e. The smallest absolute Gasteiger partial charge is 0.354 e. The average Bonchev–Trinajstić information content (AvgIpc) is 3.23. The first kappa shape index (κ1) is 23.5. The Balaban J connectivity index is 1.78. The molecule has 0 atom stereocenters. The number of fused-ring (bicyclic) bond motifs is 1. The first-order chi connectivity index (χ1) is 16.7. The fourth-order valence-corrected chi connectivity index (χ4v) is 5.51. The van der Waals surface area contributed by atoms with E-state index in [-0.39, 0.29) is 23.6 Å². The van der Waals surface area contributed by atoms with Crippen molar-refractivity contribution in [1.29, 1.82) is 0 Å². The predicted octanol–water partition coefficient (Wildman–Crippen LogP) is 6.19. The molecular weight excluding hydrogens is 508 g/mol. The summed E-state index contributed by atoms with van der Waals surface area (Å²) in [6.45, 7) is 4.00. The van der Waals surface area contributed by atoms with Crippen molar-refractivity contribution in [2.75, 3.05) is 0 Å². The molecule has 0 aliphatic heterocycles. The van der Waals surface area contributed by atoms with Crippen molar-refractivity contribution in [3.63, 3.8) is 0 Å². The summed E-state index contributed by atoms with van der Waals surface area (Å²) in [5.41, 5.74) is 3.01. The highest BCUT2D eigenvalue weighted by atomic mass is 35.5. The van der Waals surface area contributed by atoms with Crippen LogP contribution in [-0.2, 0) is 6.54 Å². The van der Waals surface area contributed by atoms with Gasteiger partial charge in [0.2, 0.25) is 0 Å². The second kappa shape index (κ2) is 9.07. The number of thiazole rings is 1. The molecule has 3 aromatic heterocycles. The number of pyridine rings is 1. The number of nitrogens with zero attached hydrogens (tertiary/aromatic N) is 3. The number of hydrogen-bond donors (Lipinski definition) is 1. The van der Waals surface area contributed by atoms with E-state index in [1.54, 1.807) is 41.2 Å². The molecule has 3 heterocycles. The van der Waals surface area contributed by atoms with Gasteiger partial charge in [-0.05, 0) is 55.3 Å². The van der Waals surface area contributed by atoms with Gasteiger partial charge in [-0.2, -0.15) is 8.97 Å². The fourth-order valence-electron chi connectivity index (χ4n) is 4.21. The third-order valence-corrected chi connectivity index (χ3v) is 7.25. The monoisotopic (exact) mass is 526 g/mol. The van der Waals surface area contributed by atoms with Crippen molar-refractivity contribution >= 4 is 40.2 Å². The minimum absolute atomic E-state index is 0.0493. The van der Waals surface area contributed by atoms with Crippen LogP contribution in [0.5, 0.6) is 5.88 Å². The van der Waals surface area contributed by atoms with Gasteiger partial charge in [-0.15, -0.1) is 11.3 Å². The summed E-state index contributed by atoms with van der Waals surface area (Å²) in [6, 6.07) is 13.3. The number of aryl methyl sites for hydroxylation is 2. The van der Waals surface area contributed by atoms with Crippen LogP contribution in [-0.4, -0.2) is 14.5 Å². The zero-order valence-corrected chi connectivity index (χ0v) is 21.0. The third-order valence-electron chi connectivity index (χ3n) is 5.84. The van der Waals surface area contributed by atoms with E-state index in [9.17, 15) is 14.3 Å². The van der Waals surface area contributed by atoms with Crippen molar-refractivity contribution in [3.8, 4) is 28.1 Å². The van der Waals surface area contributed by atoms with Gasteiger partial charge in [0.05, 0.1) is 11.1 Å². The summed E-state index contributed by atoms with van der Waals surface area (Å²) in [5.74, 6) is -0.718. The van der Waals surface area contributed by atoms with E-state index in [0.29, 0.717) is 26.3 Å². The Morgan fingerprint density at radius 2 is 1.91 bits per heavy atom. The van der Waals surface area contributed by atoms with Gasteiger partial charge in [-0.25, -0.2) is 14.2 Å². The van der Waals surface area contributed by atoms with Crippen LogP contribution in [0.3, 0.4) is 0 Å². The zero-order chi connectivity index (χ0) is 24.9. The fraction of sp³-hybridized carbons (Fsp3) is 0.115. The third kappa shape index (κ3) is 4.20. The van der Waals surface area contributed by atoms with E-state index in [1.165, 1.54) is 27.9 Å². The number of rotatable bonds is 4. The first-order valence-electron chi connectivity index (χ1n) is 10.7. The van der Waals surface area contributed by atoms with E-state index in [2.05, 4.69) is 4.98 Å². The topological polar surface area (TPSA) is 58.5 Å². The van der Waals surface area contributed by atoms with E-state index in [0.717, 1.165) is 16.0 Å². The summed E-state index contributed by atoms with van der Waals surface area (Å²) >= 11 is 13.7. The van der Waals surface area contributed by atoms with Gasteiger partial charge in [0.15, 0.2) is 10.0 Å². The zero-order valence-electron chi connectivity index (χ0n) is 18.7. The molecule has 5 aromatic rings. The van der Waals surface area contributed by atoms with Crippen LogP contribution in [0.1, 0.15) is 16.0 Å². The van der Waals surface area contributed by atoms with E-state index in [4.69, 9.17) is 23.2 Å². The quantitative estimate of drug-likeness (QED) is 0.284. The molecule has 1 N–H and O–H groups in total. The van der Waals surface area contributed by atoms with Crippen LogP contribution in [0.15, 0.2) is 65.7 Å². The lowest BCUT2D eigenvalue weighted by Gasteiger charge is -2.12. The molecule has 0 aliphatic carbocycles. The number of halogens is 3. The van der Waals surface area contributed by atoms with Crippen molar-refractivity contribution in [3.05, 3.63) is 103 Å². The molecule has 5 rings (SSSR count). The molecule has 0 bridgehead atoms. The van der Waals surface area contributed by atoms with Gasteiger partial charge in [-0.1, -0.05) is 41.4 Å². The highest BCUT2D eigenvalue weighted by Gasteiger charge is 2.27. The maximum absolute atomic E-state index is 14.9. The standard InChI is InChI=1S/C26H18Cl2FN3O2S/c1-14-5-7-18(20(27)10-14)19-11-16(6-8-21(19)29)22-24(33)31-9-3-4-15(2)23(31)32(25(22)34)13-17-12-30-26(28)35-17/h3-12H,13H2,1-2H3/p+1. The Morgan fingerprint density at radius 1 is 1.11 bits per heavy atom. The molecule has 0 saturated heterocycles. The average molecular weight is 527 g/mol. The highest BCUT2D eigenvalue weighted by molar-refractivity contribution is 7.15. The van der Waals surface area contributed by atoms with Crippen molar-refractivity contribution < 1.29 is 14.1 Å². The Bertz CT molecular complexity index is 1680. The number of benzene rings is 2. The Hall–Kier alpha value is -3.26. The Kier molecular flexibility index (Phi) is 6.09. The van der Waals surface area contributed by atoms with Gasteiger partial charge in [0, 0.05) is 27.9 Å². The Labute approximate surface area is 214 Å². The minimum Gasteiger partial charge on any atom is -0.477 e. The maximum Gasteiger partial charge on any atom is 0.354 e. The number of hydrogen-bond acceptors (Lipinski definition) is 4. The van der Waals surface area contributed by atoms with Gasteiger partial charge >= 0.3 is 5.56 Å². The molecule has 2 aromatic carbocycles. The Morgan fingerprint density at radius 3 is 2.63 bits per heavy atom. The lowest BCUT2D eigenvalue weighted by molar-refractivity contribution is -0.671. The molecule has 0 spiro atoms. The van der Waals surface area contributed by atoms with Gasteiger partial charge in [0.1, 0.15) is 12.4 Å². The van der Waals surface area contributed by atoms with Crippen LogP contribution in [0.25, 0.3) is 27.9 Å². The summed E-state index contributed by atoms with van der Waals surface area (Å²) in [4.78, 5) is 18.5. The van der Waals surface area contributed by atoms with Crippen molar-refractivity contribution in [2.45, 2.75) is 20.4 Å². The predicted molar refractivity (Wildman–Crippen MR) is 137 cm³/mol.